The van der Waals surface area contributed by atoms with Crippen LogP contribution in [0.5, 0.6) is 5.75 Å². The first-order valence-corrected chi connectivity index (χ1v) is 8.87. The third-order valence-electron chi connectivity index (χ3n) is 5.36. The van der Waals surface area contributed by atoms with Gasteiger partial charge in [-0.1, -0.05) is 18.2 Å². The molecule has 1 unspecified atom stereocenters. The predicted octanol–water partition coefficient (Wildman–Crippen LogP) is 1.45. The van der Waals surface area contributed by atoms with Crippen molar-refractivity contribution >= 4 is 29.9 Å². The van der Waals surface area contributed by atoms with Crippen LogP contribution >= 0.6 is 0 Å². The van der Waals surface area contributed by atoms with Crippen molar-refractivity contribution in [3.63, 3.8) is 0 Å². The lowest BCUT2D eigenvalue weighted by Crippen LogP contribution is -2.43. The van der Waals surface area contributed by atoms with E-state index in [1.54, 1.807) is 7.11 Å². The lowest BCUT2D eigenvalue weighted by molar-refractivity contribution is -0.150. The molecule has 1 aromatic heterocycles. The molecule has 1 fully saturated rings. The fourth-order valence-electron chi connectivity index (χ4n) is 4.24. The monoisotopic (exact) mass is 349 g/mol. The number of anilines is 1. The van der Waals surface area contributed by atoms with E-state index in [-0.39, 0.29) is 18.2 Å². The highest BCUT2D eigenvalue weighted by atomic mass is 16.6. The summed E-state index contributed by atoms with van der Waals surface area (Å²) in [7, 11) is 3.77. The highest BCUT2D eigenvalue weighted by Gasteiger charge is 2.43. The molecule has 2 aliphatic rings. The SMILES string of the molecule is Bc1cccc([C@@H]2Nc3ccc4[nH]ncc4c3C3OCCO[C@H]32)c1OC. The molecule has 0 aliphatic carbocycles. The number of methoxy groups -OCH3 is 1. The molecule has 2 N–H and O–H groups in total. The summed E-state index contributed by atoms with van der Waals surface area (Å²) in [4.78, 5) is 0. The maximum atomic E-state index is 6.20. The van der Waals surface area contributed by atoms with Crippen LogP contribution in [0.25, 0.3) is 10.9 Å². The number of hydrogen-bond donors (Lipinski definition) is 2. The van der Waals surface area contributed by atoms with Gasteiger partial charge in [0.25, 0.3) is 0 Å². The van der Waals surface area contributed by atoms with Gasteiger partial charge in [0.2, 0.25) is 0 Å². The molecule has 3 aromatic rings. The molecule has 3 atom stereocenters. The van der Waals surface area contributed by atoms with Crippen LogP contribution in [0.2, 0.25) is 0 Å². The van der Waals surface area contributed by atoms with E-state index < -0.39 is 0 Å². The summed E-state index contributed by atoms with van der Waals surface area (Å²) in [5.74, 6) is 0.894. The Balaban J connectivity index is 1.68. The van der Waals surface area contributed by atoms with Gasteiger partial charge < -0.3 is 19.5 Å². The van der Waals surface area contributed by atoms with Crippen molar-refractivity contribution in [1.82, 2.24) is 10.2 Å². The Kier molecular flexibility index (Phi) is 3.65. The Labute approximate surface area is 152 Å². The second-order valence-corrected chi connectivity index (χ2v) is 6.80. The molecule has 2 aromatic carbocycles. The molecule has 0 radical (unpaired) electrons. The Morgan fingerprint density at radius 3 is 2.96 bits per heavy atom. The van der Waals surface area contributed by atoms with Crippen LogP contribution in [0.1, 0.15) is 23.3 Å². The van der Waals surface area contributed by atoms with E-state index in [0.29, 0.717) is 13.2 Å². The van der Waals surface area contributed by atoms with Gasteiger partial charge in [0.15, 0.2) is 0 Å². The number of aromatic nitrogens is 2. The lowest BCUT2D eigenvalue weighted by Gasteiger charge is -2.43. The van der Waals surface area contributed by atoms with E-state index in [0.717, 1.165) is 38.9 Å². The number of nitrogens with zero attached hydrogens (tertiary/aromatic N) is 1. The minimum atomic E-state index is -0.142. The number of aromatic amines is 1. The molecule has 1 saturated heterocycles. The zero-order valence-electron chi connectivity index (χ0n) is 14.8. The molecule has 5 rings (SSSR count). The number of rotatable bonds is 2. The van der Waals surface area contributed by atoms with Gasteiger partial charge in [-0.3, -0.25) is 5.10 Å². The maximum absolute atomic E-state index is 6.20. The smallest absolute Gasteiger partial charge is 0.144 e. The Morgan fingerprint density at radius 2 is 2.08 bits per heavy atom. The number of para-hydroxylation sites is 1. The first kappa shape index (κ1) is 15.7. The Hall–Kier alpha value is -2.51. The van der Waals surface area contributed by atoms with Gasteiger partial charge in [0, 0.05) is 22.2 Å². The van der Waals surface area contributed by atoms with E-state index in [1.165, 1.54) is 0 Å². The van der Waals surface area contributed by atoms with Crippen molar-refractivity contribution in [2.45, 2.75) is 18.2 Å². The third-order valence-corrected chi connectivity index (χ3v) is 5.36. The first-order valence-electron chi connectivity index (χ1n) is 8.87. The number of ether oxygens (including phenoxy) is 3. The summed E-state index contributed by atoms with van der Waals surface area (Å²) in [6, 6.07) is 10.3. The largest absolute Gasteiger partial charge is 0.497 e. The quantitative estimate of drug-likeness (QED) is 0.686. The van der Waals surface area contributed by atoms with E-state index >= 15 is 0 Å². The molecule has 0 spiro atoms. The molecule has 2 aliphatic heterocycles. The van der Waals surface area contributed by atoms with Crippen LogP contribution < -0.4 is 15.5 Å². The van der Waals surface area contributed by atoms with Crippen LogP contribution in [0, 0.1) is 0 Å². The summed E-state index contributed by atoms with van der Waals surface area (Å²) in [5.41, 5.74) is 5.37. The highest BCUT2D eigenvalue weighted by molar-refractivity contribution is 6.34. The zero-order chi connectivity index (χ0) is 17.7. The number of fused-ring (bicyclic) bond motifs is 5. The van der Waals surface area contributed by atoms with Crippen LogP contribution in [-0.4, -0.2) is 44.5 Å². The van der Waals surface area contributed by atoms with Gasteiger partial charge in [0.05, 0.1) is 38.1 Å². The van der Waals surface area contributed by atoms with Crippen molar-refractivity contribution < 1.29 is 14.2 Å². The van der Waals surface area contributed by atoms with Crippen LogP contribution in [0.15, 0.2) is 36.5 Å². The van der Waals surface area contributed by atoms with Crippen molar-refractivity contribution in [3.05, 3.63) is 47.7 Å². The normalized spacial score (nSPS) is 24.6. The second kappa shape index (κ2) is 6.04. The molecule has 26 heavy (non-hydrogen) atoms. The molecule has 0 amide bonds. The van der Waals surface area contributed by atoms with Gasteiger partial charge in [0.1, 0.15) is 25.8 Å². The maximum Gasteiger partial charge on any atom is 0.144 e. The Bertz CT molecular complexity index is 974. The summed E-state index contributed by atoms with van der Waals surface area (Å²) in [6.45, 7) is 1.18. The van der Waals surface area contributed by atoms with Crippen molar-refractivity contribution in [2.24, 2.45) is 0 Å². The average molecular weight is 349 g/mol. The minimum absolute atomic E-state index is 0.0491. The topological polar surface area (TPSA) is 68.4 Å². The number of hydrogen-bond acceptors (Lipinski definition) is 5. The summed E-state index contributed by atoms with van der Waals surface area (Å²) in [6.07, 6.45) is 1.59. The molecule has 7 heteroatoms. The summed E-state index contributed by atoms with van der Waals surface area (Å²) < 4.78 is 18.1. The van der Waals surface area contributed by atoms with Gasteiger partial charge in [-0.05, 0) is 17.6 Å². The summed E-state index contributed by atoms with van der Waals surface area (Å²) in [5, 5.41) is 12.0. The van der Waals surface area contributed by atoms with Gasteiger partial charge in [-0.2, -0.15) is 5.10 Å². The average Bonchev–Trinajstić information content (AvgIpc) is 3.15. The molecule has 6 nitrogen and oxygen atoms in total. The first-order chi connectivity index (χ1) is 12.8. The molecule has 3 heterocycles. The fourth-order valence-corrected chi connectivity index (χ4v) is 4.24. The zero-order valence-corrected chi connectivity index (χ0v) is 14.8. The molecule has 132 valence electrons. The van der Waals surface area contributed by atoms with Crippen LogP contribution in [-0.2, 0) is 9.47 Å². The standard InChI is InChI=1S/C19H20BN3O3/c1-24-17-10(3-2-4-12(17)20)16-19-18(25-7-8-26-19)15-11-9-21-23-13(11)5-6-14(15)22-16/h2-6,9,16,18-19,22H,7-8,20H2,1H3,(H,21,23)/t16-,18?,19-/m0/s1. The fraction of sp³-hybridized carbons (Fsp3) is 0.316. The Morgan fingerprint density at radius 1 is 1.19 bits per heavy atom. The van der Waals surface area contributed by atoms with Gasteiger partial charge >= 0.3 is 0 Å². The van der Waals surface area contributed by atoms with Gasteiger partial charge in [-0.25, -0.2) is 0 Å². The van der Waals surface area contributed by atoms with Crippen LogP contribution in [0.3, 0.4) is 0 Å². The van der Waals surface area contributed by atoms with E-state index in [2.05, 4.69) is 47.6 Å². The predicted molar refractivity (Wildman–Crippen MR) is 102 cm³/mol. The third kappa shape index (κ3) is 2.24. The van der Waals surface area contributed by atoms with Crippen molar-refractivity contribution in [3.8, 4) is 5.75 Å². The van der Waals surface area contributed by atoms with Crippen molar-refractivity contribution in [2.75, 3.05) is 25.6 Å². The van der Waals surface area contributed by atoms with E-state index in [1.807, 2.05) is 12.3 Å². The molecule has 0 bridgehead atoms. The summed E-state index contributed by atoms with van der Waals surface area (Å²) >= 11 is 0. The number of H-pyrrole nitrogens is 1. The number of nitrogens with one attached hydrogen (secondary N) is 2. The molecule has 0 saturated carbocycles. The van der Waals surface area contributed by atoms with Gasteiger partial charge in [-0.15, -0.1) is 0 Å². The lowest BCUT2D eigenvalue weighted by atomic mass is 9.83. The second-order valence-electron chi connectivity index (χ2n) is 6.80. The van der Waals surface area contributed by atoms with Crippen LogP contribution in [0.4, 0.5) is 5.69 Å². The highest BCUT2D eigenvalue weighted by Crippen LogP contribution is 2.47. The molecular formula is C19H20BN3O3. The van der Waals surface area contributed by atoms with Crippen molar-refractivity contribution in [1.29, 1.82) is 0 Å². The van der Waals surface area contributed by atoms with E-state index in [9.17, 15) is 0 Å². The number of benzene rings is 2. The van der Waals surface area contributed by atoms with E-state index in [4.69, 9.17) is 14.2 Å². The molecular weight excluding hydrogens is 329 g/mol. The minimum Gasteiger partial charge on any atom is -0.497 e.